The highest BCUT2D eigenvalue weighted by molar-refractivity contribution is 7.17. The molecule has 12 aromatic rings. The molecule has 0 aliphatic carbocycles. The molecule has 12 rings (SSSR count). The van der Waals surface area contributed by atoms with E-state index in [9.17, 15) is 0 Å². The second-order valence-corrected chi connectivity index (χ2v) is 14.1. The van der Waals surface area contributed by atoms with E-state index in [1.165, 1.54) is 48.3 Å². The molecule has 0 amide bonds. The third kappa shape index (κ3) is 3.48. The molecule has 0 aliphatic heterocycles. The zero-order valence-electron chi connectivity index (χ0n) is 26.5. The Bertz CT molecular complexity index is 3330. The summed E-state index contributed by atoms with van der Waals surface area (Å²) in [7, 11) is 0. The van der Waals surface area contributed by atoms with Crippen molar-refractivity contribution in [1.29, 1.82) is 0 Å². The Labute approximate surface area is 288 Å². The van der Waals surface area contributed by atoms with Crippen LogP contribution in [-0.4, -0.2) is 0 Å². The minimum absolute atomic E-state index is 0.828. The number of furan rings is 3. The fourth-order valence-corrected chi connectivity index (χ4v) is 9.23. The van der Waals surface area contributed by atoms with E-state index >= 15 is 0 Å². The summed E-state index contributed by atoms with van der Waals surface area (Å²) in [6.07, 6.45) is 0. The van der Waals surface area contributed by atoms with Gasteiger partial charge in [0.15, 0.2) is 0 Å². The first-order valence-electron chi connectivity index (χ1n) is 16.8. The second-order valence-electron chi connectivity index (χ2n) is 13.2. The van der Waals surface area contributed by atoms with E-state index in [1.54, 1.807) is 11.3 Å². The minimum atomic E-state index is 0.828. The Morgan fingerprint density at radius 2 is 1.04 bits per heavy atom. The molecule has 0 bridgehead atoms. The van der Waals surface area contributed by atoms with Crippen molar-refractivity contribution in [2.24, 2.45) is 0 Å². The molecule has 0 fully saturated rings. The van der Waals surface area contributed by atoms with E-state index in [2.05, 4.69) is 133 Å². The summed E-state index contributed by atoms with van der Waals surface area (Å²) in [5.74, 6) is 0. The molecule has 4 heterocycles. The maximum atomic E-state index is 6.57. The highest BCUT2D eigenvalue weighted by atomic mass is 32.1. The third-order valence-electron chi connectivity index (χ3n) is 10.5. The van der Waals surface area contributed by atoms with Gasteiger partial charge < -0.3 is 13.3 Å². The summed E-state index contributed by atoms with van der Waals surface area (Å²) in [6.45, 7) is 0. The topological polar surface area (TPSA) is 39.4 Å². The van der Waals surface area contributed by atoms with Gasteiger partial charge in [-0.05, 0) is 109 Å². The summed E-state index contributed by atoms with van der Waals surface area (Å²) in [5, 5.41) is 14.8. The molecule has 232 valence electrons. The third-order valence-corrected chi connectivity index (χ3v) is 11.4. The molecule has 4 heteroatoms. The number of benzene rings is 8. The lowest BCUT2D eigenvalue weighted by molar-refractivity contribution is 0.663. The van der Waals surface area contributed by atoms with Gasteiger partial charge in [-0.15, -0.1) is 11.3 Å². The quantitative estimate of drug-likeness (QED) is 0.174. The SMILES string of the molecule is c1ccc2c(c1)oc1c2ccc2oc3cc(-c4c5ccccc5c(-c5cccc6oc7cc8ccsc8cc7c56)c5ccccc45)ccc3c21. The smallest absolute Gasteiger partial charge is 0.147 e. The Kier molecular flexibility index (Phi) is 5.12. The lowest BCUT2D eigenvalue weighted by atomic mass is 9.85. The zero-order chi connectivity index (χ0) is 32.5. The molecule has 0 radical (unpaired) electrons. The van der Waals surface area contributed by atoms with Gasteiger partial charge in [0, 0.05) is 31.6 Å². The van der Waals surface area contributed by atoms with Crippen LogP contribution in [0.5, 0.6) is 0 Å². The van der Waals surface area contributed by atoms with Crippen LogP contribution in [0.1, 0.15) is 0 Å². The molecule has 3 nitrogen and oxygen atoms in total. The van der Waals surface area contributed by atoms with E-state index in [4.69, 9.17) is 13.3 Å². The maximum absolute atomic E-state index is 6.57. The van der Waals surface area contributed by atoms with Gasteiger partial charge >= 0.3 is 0 Å². The Morgan fingerprint density at radius 1 is 0.380 bits per heavy atom. The average molecular weight is 657 g/mol. The first-order chi connectivity index (χ1) is 24.8. The van der Waals surface area contributed by atoms with E-state index < -0.39 is 0 Å². The lowest BCUT2D eigenvalue weighted by Crippen LogP contribution is -1.91. The van der Waals surface area contributed by atoms with E-state index in [-0.39, 0.29) is 0 Å². The zero-order valence-corrected chi connectivity index (χ0v) is 27.3. The molecular weight excluding hydrogens is 633 g/mol. The molecule has 0 atom stereocenters. The van der Waals surface area contributed by atoms with Gasteiger partial charge in [-0.2, -0.15) is 0 Å². The summed E-state index contributed by atoms with van der Waals surface area (Å²) in [5.41, 5.74) is 9.96. The van der Waals surface area contributed by atoms with Crippen molar-refractivity contribution in [1.82, 2.24) is 0 Å². The van der Waals surface area contributed by atoms with Crippen molar-refractivity contribution in [3.8, 4) is 22.3 Å². The maximum Gasteiger partial charge on any atom is 0.147 e. The largest absolute Gasteiger partial charge is 0.456 e. The van der Waals surface area contributed by atoms with Crippen molar-refractivity contribution in [3.05, 3.63) is 145 Å². The van der Waals surface area contributed by atoms with Crippen LogP contribution in [0.25, 0.3) is 120 Å². The molecule has 0 saturated heterocycles. The molecule has 4 aromatic heterocycles. The normalized spacial score (nSPS) is 12.4. The molecule has 0 N–H and O–H groups in total. The van der Waals surface area contributed by atoms with Crippen LogP contribution in [0.4, 0.5) is 0 Å². The summed E-state index contributed by atoms with van der Waals surface area (Å²) < 4.78 is 20.8. The fourth-order valence-electron chi connectivity index (χ4n) is 8.42. The van der Waals surface area contributed by atoms with Crippen LogP contribution in [-0.2, 0) is 0 Å². The highest BCUT2D eigenvalue weighted by Gasteiger charge is 2.22. The first kappa shape index (κ1) is 26.6. The number of para-hydroxylation sites is 1. The molecule has 8 aromatic carbocycles. The van der Waals surface area contributed by atoms with Gasteiger partial charge in [0.25, 0.3) is 0 Å². The second kappa shape index (κ2) is 9.63. The standard InChI is InChI=1S/C46H24O3S/c1-3-11-30-28(9-1)42(26-16-17-33-39(23-26)48-38-19-18-32-27-8-5-6-14-36(27)49-46(32)45(33)38)29-10-2-4-12-31(29)43(30)34-13-7-15-37-44(34)35-24-41-25(20-21-50-41)22-40(35)47-37/h1-24H. The molecular formula is C46H24O3S. The average Bonchev–Trinajstić information content (AvgIpc) is 3.94. The van der Waals surface area contributed by atoms with Crippen LogP contribution < -0.4 is 0 Å². The Hall–Kier alpha value is -6.36. The van der Waals surface area contributed by atoms with E-state index in [1.807, 2.05) is 12.1 Å². The molecule has 0 spiro atoms. The van der Waals surface area contributed by atoms with Crippen LogP contribution in [0, 0.1) is 0 Å². The fraction of sp³-hybridized carbons (Fsp3) is 0. The molecule has 0 saturated carbocycles. The predicted molar refractivity (Wildman–Crippen MR) is 210 cm³/mol. The number of thiophene rings is 1. The highest BCUT2D eigenvalue weighted by Crippen LogP contribution is 2.48. The van der Waals surface area contributed by atoms with Crippen LogP contribution in [0.2, 0.25) is 0 Å². The molecule has 50 heavy (non-hydrogen) atoms. The van der Waals surface area contributed by atoms with Crippen LogP contribution in [0.3, 0.4) is 0 Å². The number of fused-ring (bicyclic) bond motifs is 13. The summed E-state index contributed by atoms with van der Waals surface area (Å²) >= 11 is 1.77. The van der Waals surface area contributed by atoms with Gasteiger partial charge in [-0.3, -0.25) is 0 Å². The van der Waals surface area contributed by atoms with Crippen molar-refractivity contribution in [2.45, 2.75) is 0 Å². The molecule has 0 unspecified atom stereocenters. The van der Waals surface area contributed by atoms with Gasteiger partial charge in [0.2, 0.25) is 0 Å². The van der Waals surface area contributed by atoms with Crippen molar-refractivity contribution in [2.75, 3.05) is 0 Å². The van der Waals surface area contributed by atoms with Gasteiger partial charge in [0.05, 0.1) is 5.39 Å². The number of hydrogen-bond acceptors (Lipinski definition) is 4. The Morgan fingerprint density at radius 3 is 1.84 bits per heavy atom. The number of rotatable bonds is 2. The number of hydrogen-bond donors (Lipinski definition) is 0. The van der Waals surface area contributed by atoms with Gasteiger partial charge in [0.1, 0.15) is 33.5 Å². The van der Waals surface area contributed by atoms with Crippen molar-refractivity contribution in [3.63, 3.8) is 0 Å². The summed E-state index contributed by atoms with van der Waals surface area (Å²) in [6, 6.07) is 49.7. The lowest BCUT2D eigenvalue weighted by Gasteiger charge is -2.18. The summed E-state index contributed by atoms with van der Waals surface area (Å²) in [4.78, 5) is 0. The predicted octanol–water partition coefficient (Wildman–Crippen LogP) is 14.2. The monoisotopic (exact) mass is 656 g/mol. The van der Waals surface area contributed by atoms with Gasteiger partial charge in [-0.1, -0.05) is 84.9 Å². The van der Waals surface area contributed by atoms with E-state index in [0.717, 1.165) is 71.4 Å². The first-order valence-corrected chi connectivity index (χ1v) is 17.7. The molecule has 0 aliphatic rings. The van der Waals surface area contributed by atoms with Gasteiger partial charge in [-0.25, -0.2) is 0 Å². The van der Waals surface area contributed by atoms with Crippen molar-refractivity contribution < 1.29 is 13.3 Å². The van der Waals surface area contributed by atoms with Crippen LogP contribution in [0.15, 0.2) is 158 Å². The Balaban J connectivity index is 1.15. The van der Waals surface area contributed by atoms with E-state index in [0.29, 0.717) is 0 Å². The minimum Gasteiger partial charge on any atom is -0.456 e. The van der Waals surface area contributed by atoms with Crippen molar-refractivity contribution >= 4 is 109 Å². The van der Waals surface area contributed by atoms with Crippen LogP contribution >= 0.6 is 11.3 Å².